The number of nitrogens with two attached hydrogens (primary N) is 1. The lowest BCUT2D eigenvalue weighted by Gasteiger charge is -2.31. The van der Waals surface area contributed by atoms with Crippen molar-refractivity contribution in [1.29, 1.82) is 0 Å². The van der Waals surface area contributed by atoms with Crippen LogP contribution in [-0.2, 0) is 20.4 Å². The molecule has 56 heavy (non-hydrogen) atoms. The van der Waals surface area contributed by atoms with Crippen molar-refractivity contribution in [2.75, 3.05) is 12.4 Å². The van der Waals surface area contributed by atoms with Crippen LogP contribution in [0.4, 0.5) is 5.69 Å². The van der Waals surface area contributed by atoms with Crippen molar-refractivity contribution in [2.45, 2.75) is 107 Å². The molecule has 0 bridgehead atoms. The SMILES string of the molecule is C=C(C)/C(=C\S)C(=O)/C(C=O)=C\c1cc2c(s1)C(=C/N)/C(=C\C1=CC=C3c4ccccc4C(C)(C)C3C1)C2(C)C.CC.CC.CC.CC.CNc1ccccc1. The van der Waals surface area contributed by atoms with E-state index in [9.17, 15) is 9.59 Å². The van der Waals surface area contributed by atoms with Gasteiger partial charge >= 0.3 is 0 Å². The number of para-hydroxylation sites is 1. The fourth-order valence-electron chi connectivity index (χ4n) is 7.03. The summed E-state index contributed by atoms with van der Waals surface area (Å²) in [5.41, 5.74) is 17.0. The number of allylic oxidation sites excluding steroid dienone is 10. The van der Waals surface area contributed by atoms with E-state index in [1.54, 1.807) is 30.5 Å². The highest BCUT2D eigenvalue weighted by Crippen LogP contribution is 2.56. The highest BCUT2D eigenvalue weighted by Gasteiger charge is 2.44. The van der Waals surface area contributed by atoms with Gasteiger partial charge in [0.15, 0.2) is 12.1 Å². The molecular formula is C50H68N2O2S2. The summed E-state index contributed by atoms with van der Waals surface area (Å²) >= 11 is 5.68. The topological polar surface area (TPSA) is 72.2 Å². The van der Waals surface area contributed by atoms with Gasteiger partial charge in [-0.1, -0.05) is 150 Å². The second-order valence-corrected chi connectivity index (χ2v) is 14.9. The van der Waals surface area contributed by atoms with Gasteiger partial charge in [-0.2, -0.15) is 12.6 Å². The molecule has 4 nitrogen and oxygen atoms in total. The van der Waals surface area contributed by atoms with Gasteiger partial charge in [-0.25, -0.2) is 0 Å². The quantitative estimate of drug-likeness (QED) is 0.0556. The Morgan fingerprint density at radius 3 is 2.02 bits per heavy atom. The summed E-state index contributed by atoms with van der Waals surface area (Å²) in [7, 11) is 1.91. The molecule has 3 aromatic rings. The molecule has 0 radical (unpaired) electrons. The maximum absolute atomic E-state index is 12.9. The van der Waals surface area contributed by atoms with Gasteiger partial charge in [0.1, 0.15) is 0 Å². The first-order chi connectivity index (χ1) is 26.9. The number of thiophene rings is 1. The van der Waals surface area contributed by atoms with Gasteiger partial charge in [0, 0.05) is 45.3 Å². The van der Waals surface area contributed by atoms with Gasteiger partial charge in [0.25, 0.3) is 0 Å². The Kier molecular flexibility index (Phi) is 20.9. The third-order valence-corrected chi connectivity index (χ3v) is 11.2. The number of hydrogen-bond acceptors (Lipinski definition) is 6. The number of anilines is 1. The molecule has 0 fully saturated rings. The Morgan fingerprint density at radius 1 is 0.911 bits per heavy atom. The fourth-order valence-corrected chi connectivity index (χ4v) is 8.68. The van der Waals surface area contributed by atoms with E-state index in [-0.39, 0.29) is 22.2 Å². The minimum absolute atomic E-state index is 0.0673. The zero-order chi connectivity index (χ0) is 42.8. The summed E-state index contributed by atoms with van der Waals surface area (Å²) in [5, 5.41) is 4.43. The monoisotopic (exact) mass is 792 g/mol. The van der Waals surface area contributed by atoms with E-state index in [0.717, 1.165) is 33.0 Å². The third-order valence-electron chi connectivity index (χ3n) is 9.81. The summed E-state index contributed by atoms with van der Waals surface area (Å²) in [6.07, 6.45) is 11.8. The minimum Gasteiger partial charge on any atom is -0.404 e. The molecular weight excluding hydrogens is 725 g/mol. The predicted octanol–water partition coefficient (Wildman–Crippen LogP) is 14.0. The van der Waals surface area contributed by atoms with Crippen LogP contribution in [0.3, 0.4) is 0 Å². The average molecular weight is 793 g/mol. The maximum Gasteiger partial charge on any atom is 0.197 e. The smallest absolute Gasteiger partial charge is 0.197 e. The minimum atomic E-state index is -0.380. The molecule has 6 rings (SSSR count). The molecule has 0 spiro atoms. The highest BCUT2D eigenvalue weighted by molar-refractivity contribution is 7.83. The Labute approximate surface area is 349 Å². The number of hydrogen-bond donors (Lipinski definition) is 3. The number of fused-ring (bicyclic) bond motifs is 4. The predicted molar refractivity (Wildman–Crippen MR) is 254 cm³/mol. The first-order valence-electron chi connectivity index (χ1n) is 20.1. The van der Waals surface area contributed by atoms with Crippen molar-refractivity contribution in [3.05, 3.63) is 151 Å². The number of ketones is 1. The number of nitrogens with one attached hydrogen (secondary N) is 1. The number of aldehydes is 1. The van der Waals surface area contributed by atoms with Gasteiger partial charge in [0.2, 0.25) is 0 Å². The van der Waals surface area contributed by atoms with E-state index >= 15 is 0 Å². The molecule has 6 heteroatoms. The van der Waals surface area contributed by atoms with Crippen molar-refractivity contribution in [1.82, 2.24) is 0 Å². The van der Waals surface area contributed by atoms with E-state index < -0.39 is 0 Å². The number of carbonyl (C=O) groups is 2. The van der Waals surface area contributed by atoms with Crippen LogP contribution in [0.5, 0.6) is 0 Å². The molecule has 0 aliphatic heterocycles. The molecule has 1 unspecified atom stereocenters. The first kappa shape index (κ1) is 49.6. The van der Waals surface area contributed by atoms with Crippen LogP contribution in [0.1, 0.15) is 123 Å². The van der Waals surface area contributed by atoms with Gasteiger partial charge in [-0.05, 0) is 93.3 Å². The zero-order valence-electron chi connectivity index (χ0n) is 36.6. The lowest BCUT2D eigenvalue weighted by atomic mass is 9.72. The van der Waals surface area contributed by atoms with Crippen molar-refractivity contribution >= 4 is 58.9 Å². The number of Topliss-reactive ketones (excluding diaryl/α,β-unsaturated/α-hetero) is 1. The summed E-state index contributed by atoms with van der Waals surface area (Å²) in [6.45, 7) is 30.7. The van der Waals surface area contributed by atoms with Gasteiger partial charge in [-0.3, -0.25) is 9.59 Å². The normalized spacial score (nSPS) is 18.0. The first-order valence-corrected chi connectivity index (χ1v) is 21.5. The average Bonchev–Trinajstić information content (AvgIpc) is 3.82. The standard InChI is InChI=1S/C35H35NO2S2.C7H9N.4C2H6/c1-20(2)27(19-39)32(38)22(18-37)15-23-16-31-33(40-23)26(17-36)30(35(31,5)6)14-21-11-12-25-24-9-7-8-10-28(24)34(3,4)29(25)13-21;1-8-7-5-3-2-4-6-7;4*1-2/h7-12,14-19,29,39H,1,13,36H2,2-6H3;2-6,8H,1H3;4*1-2H3/b22-15-,26-17+,27-19+,30-14+;;;;;. The van der Waals surface area contributed by atoms with Crippen molar-refractivity contribution in [3.63, 3.8) is 0 Å². The third kappa shape index (κ3) is 10.9. The largest absolute Gasteiger partial charge is 0.404 e. The van der Waals surface area contributed by atoms with Crippen molar-refractivity contribution < 1.29 is 9.59 Å². The lowest BCUT2D eigenvalue weighted by Crippen LogP contribution is -2.25. The molecule has 3 aliphatic carbocycles. The number of carbonyl (C=O) groups excluding carboxylic acids is 2. The molecule has 3 aliphatic rings. The van der Waals surface area contributed by atoms with Gasteiger partial charge in [-0.15, -0.1) is 11.3 Å². The van der Waals surface area contributed by atoms with E-state index in [1.807, 2.05) is 92.8 Å². The summed E-state index contributed by atoms with van der Waals surface area (Å²) < 4.78 is 0. The van der Waals surface area contributed by atoms with Crippen LogP contribution in [-0.4, -0.2) is 19.1 Å². The van der Waals surface area contributed by atoms with Crippen LogP contribution >= 0.6 is 24.0 Å². The van der Waals surface area contributed by atoms with Crippen molar-refractivity contribution in [3.8, 4) is 0 Å². The molecule has 3 N–H and O–H groups in total. The molecule has 1 heterocycles. The van der Waals surface area contributed by atoms with Crippen LogP contribution < -0.4 is 11.1 Å². The molecule has 1 aromatic heterocycles. The fraction of sp³-hybridized carbons (Fsp3) is 0.360. The Morgan fingerprint density at radius 2 is 1.50 bits per heavy atom. The van der Waals surface area contributed by atoms with E-state index in [1.165, 1.54) is 33.3 Å². The summed E-state index contributed by atoms with van der Waals surface area (Å²) in [6, 6.07) is 20.9. The van der Waals surface area contributed by atoms with Crippen LogP contribution in [0, 0.1) is 5.92 Å². The maximum atomic E-state index is 12.9. The van der Waals surface area contributed by atoms with E-state index in [4.69, 9.17) is 5.73 Å². The van der Waals surface area contributed by atoms with Crippen LogP contribution in [0.15, 0.2) is 125 Å². The summed E-state index contributed by atoms with van der Waals surface area (Å²) in [5.74, 6) is 0.0474. The number of rotatable bonds is 7. The molecule has 0 saturated heterocycles. The molecule has 2 aromatic carbocycles. The van der Waals surface area contributed by atoms with Gasteiger partial charge < -0.3 is 11.1 Å². The highest BCUT2D eigenvalue weighted by atomic mass is 32.1. The summed E-state index contributed by atoms with van der Waals surface area (Å²) in [4.78, 5) is 26.7. The molecule has 302 valence electrons. The second-order valence-electron chi connectivity index (χ2n) is 13.5. The zero-order valence-corrected chi connectivity index (χ0v) is 38.3. The Hall–Kier alpha value is -4.39. The van der Waals surface area contributed by atoms with Crippen LogP contribution in [0.2, 0.25) is 0 Å². The van der Waals surface area contributed by atoms with E-state index in [2.05, 4.69) is 101 Å². The molecule has 0 amide bonds. The molecule has 1 atom stereocenters. The lowest BCUT2D eigenvalue weighted by molar-refractivity contribution is -0.114. The van der Waals surface area contributed by atoms with Gasteiger partial charge in [0.05, 0.1) is 5.57 Å². The second kappa shape index (κ2) is 23.6. The Balaban J connectivity index is 0.000000837. The van der Waals surface area contributed by atoms with Crippen LogP contribution in [0.25, 0.3) is 17.2 Å². The van der Waals surface area contributed by atoms with E-state index in [0.29, 0.717) is 23.4 Å². The Bertz CT molecular complexity index is 1960. The molecule has 0 saturated carbocycles. The van der Waals surface area contributed by atoms with Crippen molar-refractivity contribution in [2.24, 2.45) is 11.7 Å². The number of thiol groups is 1. The number of benzene rings is 2.